The summed E-state index contributed by atoms with van der Waals surface area (Å²) in [6.07, 6.45) is 5.29. The van der Waals surface area contributed by atoms with Gasteiger partial charge in [-0.1, -0.05) is 52.7 Å². The summed E-state index contributed by atoms with van der Waals surface area (Å²) >= 11 is 0. The molecule has 0 aliphatic rings. The van der Waals surface area contributed by atoms with Gasteiger partial charge in [0.05, 0.1) is 0 Å². The van der Waals surface area contributed by atoms with Crippen molar-refractivity contribution in [1.82, 2.24) is 21.3 Å². The summed E-state index contributed by atoms with van der Waals surface area (Å²) in [7, 11) is 0. The van der Waals surface area contributed by atoms with Gasteiger partial charge in [-0.3, -0.25) is 9.59 Å². The molecule has 220 valence electrons. The Bertz CT molecular complexity index is 721. The molecule has 4 amide bonds. The Labute approximate surface area is 229 Å². The van der Waals surface area contributed by atoms with Gasteiger partial charge in [0.2, 0.25) is 11.8 Å². The maximum absolute atomic E-state index is 12.7. The normalized spacial score (nSPS) is 15.1. The van der Waals surface area contributed by atoms with E-state index in [9.17, 15) is 19.2 Å². The number of rotatable bonds is 14. The summed E-state index contributed by atoms with van der Waals surface area (Å²) in [6.45, 7) is 19.2. The summed E-state index contributed by atoms with van der Waals surface area (Å²) < 4.78 is 10.6. The largest absolute Gasteiger partial charge is 0.444 e. The fraction of sp³-hybridized carbons (Fsp3) is 0.786. The van der Waals surface area contributed by atoms with E-state index in [4.69, 9.17) is 9.47 Å². The molecule has 0 saturated carbocycles. The molecule has 2 unspecified atom stereocenters. The Balaban J connectivity index is 4.57. The molecule has 0 aliphatic heterocycles. The second-order valence-electron chi connectivity index (χ2n) is 11.6. The summed E-state index contributed by atoms with van der Waals surface area (Å²) in [4.78, 5) is 49.6. The third-order valence-corrected chi connectivity index (χ3v) is 5.72. The highest BCUT2D eigenvalue weighted by Gasteiger charge is 2.29. The second-order valence-corrected chi connectivity index (χ2v) is 11.6. The minimum absolute atomic E-state index is 0.0502. The molecular weight excluding hydrogens is 488 g/mol. The average Bonchev–Trinajstić information content (AvgIpc) is 2.79. The van der Waals surface area contributed by atoms with E-state index in [1.807, 2.05) is 39.8 Å². The molecule has 0 aromatic carbocycles. The first-order valence-electron chi connectivity index (χ1n) is 13.7. The van der Waals surface area contributed by atoms with E-state index in [0.717, 1.165) is 12.8 Å². The van der Waals surface area contributed by atoms with Crippen molar-refractivity contribution >= 4 is 24.0 Å². The zero-order valence-corrected chi connectivity index (χ0v) is 25.2. The number of ether oxygens (including phenoxy) is 2. The van der Waals surface area contributed by atoms with Crippen molar-refractivity contribution in [3.63, 3.8) is 0 Å². The molecule has 0 fully saturated rings. The lowest BCUT2D eigenvalue weighted by Crippen LogP contribution is -2.51. The molecule has 10 nitrogen and oxygen atoms in total. The van der Waals surface area contributed by atoms with Gasteiger partial charge in [-0.25, -0.2) is 9.59 Å². The fourth-order valence-corrected chi connectivity index (χ4v) is 3.29. The molecule has 0 radical (unpaired) electrons. The lowest BCUT2D eigenvalue weighted by atomic mass is 9.98. The number of hydrogen-bond acceptors (Lipinski definition) is 6. The molecule has 0 aromatic heterocycles. The molecule has 4 atom stereocenters. The van der Waals surface area contributed by atoms with E-state index < -0.39 is 35.5 Å². The van der Waals surface area contributed by atoms with Crippen LogP contribution in [0.2, 0.25) is 0 Å². The maximum atomic E-state index is 12.7. The maximum Gasteiger partial charge on any atom is 0.408 e. The van der Waals surface area contributed by atoms with E-state index >= 15 is 0 Å². The SMILES string of the molecule is CCC(C)[C@H](NC(=O)OC(C)(C)C)C(=O)NCC/C=C\CCNC(=O)[C@@H](NC(=O)OC(C)(C)C)C(C)CC. The van der Waals surface area contributed by atoms with E-state index in [1.54, 1.807) is 41.5 Å². The van der Waals surface area contributed by atoms with Crippen LogP contribution in [-0.2, 0) is 19.1 Å². The Hall–Kier alpha value is -2.78. The number of hydrogen-bond donors (Lipinski definition) is 4. The van der Waals surface area contributed by atoms with E-state index in [2.05, 4.69) is 21.3 Å². The predicted molar refractivity (Wildman–Crippen MR) is 150 cm³/mol. The first kappa shape index (κ1) is 35.2. The zero-order chi connectivity index (χ0) is 29.5. The Morgan fingerprint density at radius 2 is 0.974 bits per heavy atom. The third-order valence-electron chi connectivity index (χ3n) is 5.72. The van der Waals surface area contributed by atoms with Gasteiger partial charge < -0.3 is 30.7 Å². The monoisotopic (exact) mass is 540 g/mol. The van der Waals surface area contributed by atoms with Gasteiger partial charge >= 0.3 is 12.2 Å². The molecular formula is C28H52N4O6. The molecule has 0 spiro atoms. The summed E-state index contributed by atoms with van der Waals surface area (Å²) in [5, 5.41) is 11.1. The van der Waals surface area contributed by atoms with Gasteiger partial charge in [0.1, 0.15) is 23.3 Å². The molecule has 38 heavy (non-hydrogen) atoms. The van der Waals surface area contributed by atoms with Crippen molar-refractivity contribution in [2.45, 2.75) is 118 Å². The second kappa shape index (κ2) is 16.9. The minimum Gasteiger partial charge on any atom is -0.444 e. The fourth-order valence-electron chi connectivity index (χ4n) is 3.29. The highest BCUT2D eigenvalue weighted by Crippen LogP contribution is 2.12. The van der Waals surface area contributed by atoms with Crippen LogP contribution in [0.4, 0.5) is 9.59 Å². The first-order chi connectivity index (χ1) is 17.5. The molecule has 0 rings (SSSR count). The van der Waals surface area contributed by atoms with Gasteiger partial charge in [0.15, 0.2) is 0 Å². The van der Waals surface area contributed by atoms with Crippen LogP contribution in [0.5, 0.6) is 0 Å². The lowest BCUT2D eigenvalue weighted by molar-refractivity contribution is -0.125. The van der Waals surface area contributed by atoms with Crippen molar-refractivity contribution < 1.29 is 28.7 Å². The topological polar surface area (TPSA) is 135 Å². The van der Waals surface area contributed by atoms with E-state index in [0.29, 0.717) is 25.9 Å². The van der Waals surface area contributed by atoms with Gasteiger partial charge in [-0.05, 0) is 66.2 Å². The number of carbonyl (C=O) groups is 4. The van der Waals surface area contributed by atoms with E-state index in [1.165, 1.54) is 0 Å². The van der Waals surface area contributed by atoms with Crippen molar-refractivity contribution in [3.8, 4) is 0 Å². The number of carbonyl (C=O) groups excluding carboxylic acids is 4. The summed E-state index contributed by atoms with van der Waals surface area (Å²) in [6, 6.07) is -1.36. The molecule has 0 aromatic rings. The molecule has 10 heteroatoms. The molecule has 0 heterocycles. The molecule has 0 saturated heterocycles. The van der Waals surface area contributed by atoms with Crippen LogP contribution in [0, 0.1) is 11.8 Å². The number of amides is 4. The molecule has 4 N–H and O–H groups in total. The molecule has 0 bridgehead atoms. The van der Waals surface area contributed by atoms with Gasteiger partial charge in [0, 0.05) is 13.1 Å². The van der Waals surface area contributed by atoms with Crippen molar-refractivity contribution in [2.75, 3.05) is 13.1 Å². The van der Waals surface area contributed by atoms with Crippen LogP contribution < -0.4 is 21.3 Å². The molecule has 0 aliphatic carbocycles. The highest BCUT2D eigenvalue weighted by atomic mass is 16.6. The van der Waals surface area contributed by atoms with Crippen LogP contribution in [0.15, 0.2) is 12.2 Å². The number of alkyl carbamates (subject to hydrolysis) is 2. The standard InChI is InChI=1S/C28H52N4O6/c1-11-19(3)21(31-25(35)37-27(5,6)7)23(33)29-17-15-13-14-16-18-30-24(34)22(20(4)12-2)32-26(36)38-28(8,9)10/h13-14,19-22H,11-12,15-18H2,1-10H3,(H,29,33)(H,30,34)(H,31,35)(H,32,36)/b14-13-/t19?,20?,21-,22-/m0/s1. The van der Waals surface area contributed by atoms with Gasteiger partial charge in [-0.15, -0.1) is 0 Å². The minimum atomic E-state index is -0.679. The van der Waals surface area contributed by atoms with Crippen molar-refractivity contribution in [1.29, 1.82) is 0 Å². The van der Waals surface area contributed by atoms with Crippen LogP contribution in [0.25, 0.3) is 0 Å². The van der Waals surface area contributed by atoms with Crippen molar-refractivity contribution in [2.24, 2.45) is 11.8 Å². The first-order valence-corrected chi connectivity index (χ1v) is 13.7. The average molecular weight is 541 g/mol. The van der Waals surface area contributed by atoms with Crippen LogP contribution in [0.1, 0.15) is 94.9 Å². The number of nitrogens with one attached hydrogen (secondary N) is 4. The van der Waals surface area contributed by atoms with Crippen LogP contribution in [0.3, 0.4) is 0 Å². The summed E-state index contributed by atoms with van der Waals surface area (Å²) in [5.74, 6) is -0.602. The van der Waals surface area contributed by atoms with E-state index in [-0.39, 0.29) is 23.7 Å². The Morgan fingerprint density at radius 3 is 1.24 bits per heavy atom. The third kappa shape index (κ3) is 16.1. The van der Waals surface area contributed by atoms with Gasteiger partial charge in [-0.2, -0.15) is 0 Å². The smallest absolute Gasteiger partial charge is 0.408 e. The predicted octanol–water partition coefficient (Wildman–Crippen LogP) is 4.43. The van der Waals surface area contributed by atoms with Crippen molar-refractivity contribution in [3.05, 3.63) is 12.2 Å². The van der Waals surface area contributed by atoms with Crippen LogP contribution >= 0.6 is 0 Å². The van der Waals surface area contributed by atoms with Gasteiger partial charge in [0.25, 0.3) is 0 Å². The zero-order valence-electron chi connectivity index (χ0n) is 25.2. The summed E-state index contributed by atoms with van der Waals surface area (Å²) in [5.41, 5.74) is -1.29. The Morgan fingerprint density at radius 1 is 0.658 bits per heavy atom. The highest BCUT2D eigenvalue weighted by molar-refractivity contribution is 5.86. The quantitative estimate of drug-likeness (QED) is 0.190. The van der Waals surface area contributed by atoms with Crippen LogP contribution in [-0.4, -0.2) is 60.4 Å². The Kier molecular flexibility index (Phi) is 15.7. The lowest BCUT2D eigenvalue weighted by Gasteiger charge is -2.26.